The molecule has 3 aromatic carbocycles. The quantitative estimate of drug-likeness (QED) is 0.399. The second kappa shape index (κ2) is 9.66. The van der Waals surface area contributed by atoms with Crippen LogP contribution in [0.1, 0.15) is 32.0 Å². The van der Waals surface area contributed by atoms with E-state index in [1.807, 2.05) is 43.3 Å². The van der Waals surface area contributed by atoms with Gasteiger partial charge in [0.25, 0.3) is 11.8 Å². The molecule has 6 nitrogen and oxygen atoms in total. The fourth-order valence-electron chi connectivity index (χ4n) is 3.07. The van der Waals surface area contributed by atoms with Gasteiger partial charge in [-0.2, -0.15) is 0 Å². The van der Waals surface area contributed by atoms with E-state index >= 15 is 0 Å². The maximum Gasteiger partial charge on any atom is 0.291 e. The lowest BCUT2D eigenvalue weighted by Crippen LogP contribution is -2.14. The van der Waals surface area contributed by atoms with Crippen LogP contribution in [0.2, 0.25) is 0 Å². The number of hydrogen-bond acceptors (Lipinski definition) is 4. The molecule has 0 aliphatic rings. The number of carbonyl (C=O) groups is 2. The Hall–Kier alpha value is -4.32. The Bertz CT molecular complexity index is 1200. The first-order chi connectivity index (χ1) is 15.6. The Morgan fingerprint density at radius 2 is 1.62 bits per heavy atom. The molecule has 1 heterocycles. The molecule has 2 N–H and O–H groups in total. The minimum absolute atomic E-state index is 0.214. The van der Waals surface area contributed by atoms with E-state index in [1.165, 1.54) is 6.26 Å². The molecule has 0 aliphatic heterocycles. The van der Waals surface area contributed by atoms with E-state index in [9.17, 15) is 9.59 Å². The molecule has 32 heavy (non-hydrogen) atoms. The van der Waals surface area contributed by atoms with Crippen molar-refractivity contribution in [3.63, 3.8) is 0 Å². The third-order valence-corrected chi connectivity index (χ3v) is 4.85. The van der Waals surface area contributed by atoms with Gasteiger partial charge >= 0.3 is 0 Å². The molecule has 4 rings (SSSR count). The van der Waals surface area contributed by atoms with Gasteiger partial charge in [-0.1, -0.05) is 36.4 Å². The second-order valence-electron chi connectivity index (χ2n) is 7.21. The van der Waals surface area contributed by atoms with E-state index in [0.717, 1.165) is 11.1 Å². The fraction of sp³-hybridized carbons (Fsp3) is 0.0769. The number of rotatable bonds is 7. The van der Waals surface area contributed by atoms with Crippen LogP contribution in [0.4, 0.5) is 11.4 Å². The minimum Gasteiger partial charge on any atom is -0.489 e. The van der Waals surface area contributed by atoms with Crippen LogP contribution >= 0.6 is 0 Å². The summed E-state index contributed by atoms with van der Waals surface area (Å²) < 4.78 is 10.9. The number of anilines is 2. The number of aryl methyl sites for hydroxylation is 1. The molecule has 0 spiro atoms. The summed E-state index contributed by atoms with van der Waals surface area (Å²) in [5.41, 5.74) is 3.61. The van der Waals surface area contributed by atoms with E-state index in [-0.39, 0.29) is 17.6 Å². The SMILES string of the molecule is Cc1ccc(NC(=O)c2ccco2)cc1NC(=O)c1ccc(OCc2ccccc2)cc1. The predicted octanol–water partition coefficient (Wildman–Crippen LogP) is 5.67. The van der Waals surface area contributed by atoms with Crippen molar-refractivity contribution in [2.24, 2.45) is 0 Å². The van der Waals surface area contributed by atoms with Gasteiger partial charge in [-0.05, 0) is 66.6 Å². The predicted molar refractivity (Wildman–Crippen MR) is 123 cm³/mol. The molecule has 0 atom stereocenters. The molecule has 0 bridgehead atoms. The van der Waals surface area contributed by atoms with E-state index in [2.05, 4.69) is 10.6 Å². The van der Waals surface area contributed by atoms with Crippen molar-refractivity contribution in [2.75, 3.05) is 10.6 Å². The van der Waals surface area contributed by atoms with Crippen LogP contribution in [0.3, 0.4) is 0 Å². The zero-order chi connectivity index (χ0) is 22.3. The number of carbonyl (C=O) groups excluding carboxylic acids is 2. The summed E-state index contributed by atoms with van der Waals surface area (Å²) in [4.78, 5) is 24.9. The molecule has 0 aliphatic carbocycles. The molecule has 0 unspecified atom stereocenters. The van der Waals surface area contributed by atoms with Crippen molar-refractivity contribution in [2.45, 2.75) is 13.5 Å². The van der Waals surface area contributed by atoms with Crippen molar-refractivity contribution in [1.82, 2.24) is 0 Å². The molecule has 6 heteroatoms. The van der Waals surface area contributed by atoms with Crippen LogP contribution < -0.4 is 15.4 Å². The molecule has 0 radical (unpaired) electrons. The Balaban J connectivity index is 1.39. The zero-order valence-electron chi connectivity index (χ0n) is 17.5. The molecule has 1 aromatic heterocycles. The highest BCUT2D eigenvalue weighted by molar-refractivity contribution is 6.06. The maximum atomic E-state index is 12.7. The minimum atomic E-state index is -0.359. The van der Waals surface area contributed by atoms with E-state index in [0.29, 0.717) is 29.3 Å². The van der Waals surface area contributed by atoms with Crippen LogP contribution in [-0.4, -0.2) is 11.8 Å². The van der Waals surface area contributed by atoms with Crippen molar-refractivity contribution in [3.8, 4) is 5.75 Å². The van der Waals surface area contributed by atoms with E-state index in [1.54, 1.807) is 48.5 Å². The number of ether oxygens (including phenoxy) is 1. The average molecular weight is 426 g/mol. The molecule has 0 saturated heterocycles. The van der Waals surface area contributed by atoms with Crippen LogP contribution in [0.5, 0.6) is 5.75 Å². The monoisotopic (exact) mass is 426 g/mol. The van der Waals surface area contributed by atoms with Gasteiger partial charge in [0.2, 0.25) is 0 Å². The lowest BCUT2D eigenvalue weighted by atomic mass is 10.1. The first-order valence-electron chi connectivity index (χ1n) is 10.1. The maximum absolute atomic E-state index is 12.7. The number of amides is 2. The third kappa shape index (κ3) is 5.23. The molecule has 0 fully saturated rings. The summed E-state index contributed by atoms with van der Waals surface area (Å²) in [5, 5.41) is 5.66. The fourth-order valence-corrected chi connectivity index (χ4v) is 3.07. The van der Waals surface area contributed by atoms with Gasteiger partial charge in [-0.25, -0.2) is 0 Å². The van der Waals surface area contributed by atoms with E-state index < -0.39 is 0 Å². The topological polar surface area (TPSA) is 80.6 Å². The van der Waals surface area contributed by atoms with Crippen molar-refractivity contribution >= 4 is 23.2 Å². The Labute approximate surface area is 185 Å². The molecule has 4 aromatic rings. The molecular weight excluding hydrogens is 404 g/mol. The zero-order valence-corrected chi connectivity index (χ0v) is 17.5. The van der Waals surface area contributed by atoms with E-state index in [4.69, 9.17) is 9.15 Å². The Kier molecular flexibility index (Phi) is 6.32. The molecule has 0 saturated carbocycles. The number of nitrogens with one attached hydrogen (secondary N) is 2. The Morgan fingerprint density at radius 3 is 2.34 bits per heavy atom. The largest absolute Gasteiger partial charge is 0.489 e. The highest BCUT2D eigenvalue weighted by Crippen LogP contribution is 2.22. The van der Waals surface area contributed by atoms with Gasteiger partial charge in [-0.15, -0.1) is 0 Å². The molecule has 2 amide bonds. The van der Waals surface area contributed by atoms with Crippen molar-refractivity contribution < 1.29 is 18.7 Å². The van der Waals surface area contributed by atoms with Crippen LogP contribution in [0, 0.1) is 6.92 Å². The summed E-state index contributed by atoms with van der Waals surface area (Å²) in [7, 11) is 0. The standard InChI is InChI=1S/C26H22N2O4/c1-18-9-12-21(27-26(30)24-8-5-15-31-24)16-23(18)28-25(29)20-10-13-22(14-11-20)32-17-19-6-3-2-4-7-19/h2-16H,17H2,1H3,(H,27,30)(H,28,29). The van der Waals surface area contributed by atoms with Gasteiger partial charge in [-0.3, -0.25) is 9.59 Å². The normalized spacial score (nSPS) is 10.4. The lowest BCUT2D eigenvalue weighted by molar-refractivity contribution is 0.0995. The third-order valence-electron chi connectivity index (χ3n) is 4.85. The Morgan fingerprint density at radius 1 is 0.844 bits per heavy atom. The summed E-state index contributed by atoms with van der Waals surface area (Å²) in [6.07, 6.45) is 1.44. The number of benzene rings is 3. The average Bonchev–Trinajstić information content (AvgIpc) is 3.36. The van der Waals surface area contributed by atoms with Crippen molar-refractivity contribution in [1.29, 1.82) is 0 Å². The van der Waals surface area contributed by atoms with Gasteiger partial charge in [0.05, 0.1) is 6.26 Å². The second-order valence-corrected chi connectivity index (χ2v) is 7.21. The number of hydrogen-bond donors (Lipinski definition) is 2. The smallest absolute Gasteiger partial charge is 0.291 e. The van der Waals surface area contributed by atoms with Gasteiger partial charge in [0.15, 0.2) is 5.76 Å². The molecule has 160 valence electrons. The first kappa shape index (κ1) is 20.9. The number of furan rings is 1. The summed E-state index contributed by atoms with van der Waals surface area (Å²) >= 11 is 0. The van der Waals surface area contributed by atoms with Gasteiger partial charge < -0.3 is 19.8 Å². The lowest BCUT2D eigenvalue weighted by Gasteiger charge is -2.12. The van der Waals surface area contributed by atoms with Crippen molar-refractivity contribution in [3.05, 3.63) is 114 Å². The first-order valence-corrected chi connectivity index (χ1v) is 10.1. The van der Waals surface area contributed by atoms with Crippen LogP contribution in [0.15, 0.2) is 95.6 Å². The van der Waals surface area contributed by atoms with Crippen LogP contribution in [0.25, 0.3) is 0 Å². The molecular formula is C26H22N2O4. The van der Waals surface area contributed by atoms with Gasteiger partial charge in [0, 0.05) is 16.9 Å². The van der Waals surface area contributed by atoms with Crippen LogP contribution in [-0.2, 0) is 6.61 Å². The summed E-state index contributed by atoms with van der Waals surface area (Å²) in [6, 6.07) is 25.4. The highest BCUT2D eigenvalue weighted by atomic mass is 16.5. The summed E-state index contributed by atoms with van der Waals surface area (Å²) in [5.74, 6) is 0.286. The highest BCUT2D eigenvalue weighted by Gasteiger charge is 2.12. The summed E-state index contributed by atoms with van der Waals surface area (Å²) in [6.45, 7) is 2.34. The van der Waals surface area contributed by atoms with Gasteiger partial charge in [0.1, 0.15) is 12.4 Å².